The summed E-state index contributed by atoms with van der Waals surface area (Å²) in [4.78, 5) is 25.7. The van der Waals surface area contributed by atoms with Crippen molar-refractivity contribution >= 4 is 12.0 Å². The molecule has 0 bridgehead atoms. The first-order chi connectivity index (χ1) is 8.41. The van der Waals surface area contributed by atoms with Gasteiger partial charge in [0.15, 0.2) is 6.10 Å². The molecule has 0 saturated carbocycles. The fraction of sp³-hybridized carbons (Fsp3) is 0.818. The summed E-state index contributed by atoms with van der Waals surface area (Å²) in [6, 6.07) is -0.231. The Bertz CT molecular complexity index is 308. The first-order valence-electron chi connectivity index (χ1n) is 5.94. The minimum atomic E-state index is -1.06. The smallest absolute Gasteiger partial charge is 0.334 e. The molecule has 1 aliphatic heterocycles. The molecular formula is C11H20N2O5. The van der Waals surface area contributed by atoms with E-state index in [1.165, 1.54) is 9.80 Å². The van der Waals surface area contributed by atoms with E-state index in [1.807, 2.05) is 0 Å². The van der Waals surface area contributed by atoms with E-state index < -0.39 is 18.2 Å². The fourth-order valence-electron chi connectivity index (χ4n) is 1.69. The molecule has 2 atom stereocenters. The van der Waals surface area contributed by atoms with Crippen LogP contribution in [0.25, 0.3) is 0 Å². The molecule has 2 amide bonds. The van der Waals surface area contributed by atoms with Crippen molar-refractivity contribution in [1.82, 2.24) is 9.80 Å². The molecule has 0 spiro atoms. The quantitative estimate of drug-likeness (QED) is 0.717. The van der Waals surface area contributed by atoms with Gasteiger partial charge in [-0.15, -0.1) is 0 Å². The first-order valence-corrected chi connectivity index (χ1v) is 5.94. The van der Waals surface area contributed by atoms with Crippen molar-refractivity contribution in [2.75, 3.05) is 33.3 Å². The monoisotopic (exact) mass is 260 g/mol. The fourth-order valence-corrected chi connectivity index (χ4v) is 1.69. The molecule has 0 aromatic heterocycles. The summed E-state index contributed by atoms with van der Waals surface area (Å²) in [5.74, 6) is -1.06. The molecule has 1 aliphatic rings. The molecule has 7 nitrogen and oxygen atoms in total. The Morgan fingerprint density at radius 2 is 2.22 bits per heavy atom. The lowest BCUT2D eigenvalue weighted by atomic mass is 10.2. The second kappa shape index (κ2) is 6.55. The van der Waals surface area contributed by atoms with Gasteiger partial charge < -0.3 is 24.7 Å². The van der Waals surface area contributed by atoms with Gasteiger partial charge in [-0.1, -0.05) is 0 Å². The van der Waals surface area contributed by atoms with E-state index in [0.717, 1.165) is 0 Å². The summed E-state index contributed by atoms with van der Waals surface area (Å²) >= 11 is 0. The first kappa shape index (κ1) is 14.7. The van der Waals surface area contributed by atoms with Gasteiger partial charge in [-0.05, 0) is 13.3 Å². The third-order valence-electron chi connectivity index (χ3n) is 2.82. The maximum absolute atomic E-state index is 12.0. The van der Waals surface area contributed by atoms with Crippen LogP contribution in [0.5, 0.6) is 0 Å². The SMILES string of the molecule is CC(O)CCN(C)C(=O)N1CCOC(C(=O)O)C1. The summed E-state index contributed by atoms with van der Waals surface area (Å²) in [5.41, 5.74) is 0. The predicted octanol–water partition coefficient (Wildman–Crippen LogP) is -0.405. The van der Waals surface area contributed by atoms with Gasteiger partial charge in [-0.3, -0.25) is 0 Å². The van der Waals surface area contributed by atoms with Crippen molar-refractivity contribution in [3.8, 4) is 0 Å². The Hall–Kier alpha value is -1.34. The zero-order valence-electron chi connectivity index (χ0n) is 10.7. The van der Waals surface area contributed by atoms with E-state index in [-0.39, 0.29) is 19.2 Å². The number of hydrogen-bond acceptors (Lipinski definition) is 4. The highest BCUT2D eigenvalue weighted by Gasteiger charge is 2.30. The van der Waals surface area contributed by atoms with Crippen LogP contribution in [0, 0.1) is 0 Å². The van der Waals surface area contributed by atoms with Gasteiger partial charge in [0.1, 0.15) is 0 Å². The van der Waals surface area contributed by atoms with E-state index in [1.54, 1.807) is 14.0 Å². The van der Waals surface area contributed by atoms with Crippen LogP contribution in [0.2, 0.25) is 0 Å². The Kier molecular flexibility index (Phi) is 5.36. The van der Waals surface area contributed by atoms with Crippen LogP contribution < -0.4 is 0 Å². The number of rotatable bonds is 4. The highest BCUT2D eigenvalue weighted by molar-refractivity contribution is 5.77. The average molecular weight is 260 g/mol. The second-order valence-corrected chi connectivity index (χ2v) is 4.49. The number of aliphatic hydroxyl groups is 1. The van der Waals surface area contributed by atoms with Crippen molar-refractivity contribution in [2.45, 2.75) is 25.6 Å². The second-order valence-electron chi connectivity index (χ2n) is 4.49. The average Bonchev–Trinajstić information content (AvgIpc) is 2.35. The number of amides is 2. The molecule has 18 heavy (non-hydrogen) atoms. The largest absolute Gasteiger partial charge is 0.479 e. The number of hydrogen-bond donors (Lipinski definition) is 2. The number of urea groups is 1. The van der Waals surface area contributed by atoms with Crippen LogP contribution in [0.1, 0.15) is 13.3 Å². The molecular weight excluding hydrogens is 240 g/mol. The lowest BCUT2D eigenvalue weighted by molar-refractivity contribution is -0.154. The van der Waals surface area contributed by atoms with Gasteiger partial charge in [0.2, 0.25) is 0 Å². The molecule has 104 valence electrons. The molecule has 0 aliphatic carbocycles. The molecule has 0 aromatic rings. The lowest BCUT2D eigenvalue weighted by Gasteiger charge is -2.33. The number of aliphatic carboxylic acids is 1. The van der Waals surface area contributed by atoms with Gasteiger partial charge in [-0.25, -0.2) is 9.59 Å². The Balaban J connectivity index is 2.47. The number of carbonyl (C=O) groups is 2. The number of carbonyl (C=O) groups excluding carboxylic acids is 1. The standard InChI is InChI=1S/C11H20N2O5/c1-8(14)3-4-12(2)11(17)13-5-6-18-9(7-13)10(15)16/h8-9,14H,3-7H2,1-2H3,(H,15,16). The zero-order chi connectivity index (χ0) is 13.7. The van der Waals surface area contributed by atoms with E-state index >= 15 is 0 Å². The maximum atomic E-state index is 12.0. The van der Waals surface area contributed by atoms with Crippen LogP contribution >= 0.6 is 0 Å². The summed E-state index contributed by atoms with van der Waals surface area (Å²) in [6.45, 7) is 2.78. The minimum absolute atomic E-state index is 0.0627. The highest BCUT2D eigenvalue weighted by atomic mass is 16.5. The van der Waals surface area contributed by atoms with Gasteiger partial charge in [0.05, 0.1) is 19.3 Å². The Morgan fingerprint density at radius 1 is 1.56 bits per heavy atom. The summed E-state index contributed by atoms with van der Waals surface area (Å²) in [7, 11) is 1.63. The van der Waals surface area contributed by atoms with Gasteiger partial charge in [-0.2, -0.15) is 0 Å². The molecule has 0 radical (unpaired) electrons. The van der Waals surface area contributed by atoms with Crippen molar-refractivity contribution in [3.63, 3.8) is 0 Å². The summed E-state index contributed by atoms with van der Waals surface area (Å²) in [5, 5.41) is 18.0. The van der Waals surface area contributed by atoms with Crippen LogP contribution in [0.15, 0.2) is 0 Å². The maximum Gasteiger partial charge on any atom is 0.334 e. The zero-order valence-corrected chi connectivity index (χ0v) is 10.7. The molecule has 1 heterocycles. The van der Waals surface area contributed by atoms with Crippen LogP contribution in [0.4, 0.5) is 4.79 Å². The van der Waals surface area contributed by atoms with Gasteiger partial charge >= 0.3 is 12.0 Å². The molecule has 7 heteroatoms. The number of morpholine rings is 1. The highest BCUT2D eigenvalue weighted by Crippen LogP contribution is 2.08. The van der Waals surface area contributed by atoms with Crippen LogP contribution in [0.3, 0.4) is 0 Å². The molecule has 1 saturated heterocycles. The van der Waals surface area contributed by atoms with E-state index in [4.69, 9.17) is 14.9 Å². The van der Waals surface area contributed by atoms with Crippen LogP contribution in [-0.2, 0) is 9.53 Å². The topological polar surface area (TPSA) is 90.3 Å². The van der Waals surface area contributed by atoms with E-state index in [0.29, 0.717) is 19.5 Å². The molecule has 2 unspecified atom stereocenters. The van der Waals surface area contributed by atoms with Crippen molar-refractivity contribution < 1.29 is 24.5 Å². The van der Waals surface area contributed by atoms with Crippen LogP contribution in [-0.4, -0.2) is 77.5 Å². The number of aliphatic hydroxyl groups excluding tert-OH is 1. The van der Waals surface area contributed by atoms with E-state index in [2.05, 4.69) is 0 Å². The molecule has 0 aromatic carbocycles. The van der Waals surface area contributed by atoms with Crippen molar-refractivity contribution in [2.24, 2.45) is 0 Å². The minimum Gasteiger partial charge on any atom is -0.479 e. The van der Waals surface area contributed by atoms with Gasteiger partial charge in [0.25, 0.3) is 0 Å². The number of nitrogens with zero attached hydrogens (tertiary/aromatic N) is 2. The Labute approximate surface area is 106 Å². The normalized spacial score (nSPS) is 21.5. The number of carboxylic acids is 1. The Morgan fingerprint density at radius 3 is 2.78 bits per heavy atom. The summed E-state index contributed by atoms with van der Waals surface area (Å²) in [6.07, 6.45) is -0.917. The van der Waals surface area contributed by atoms with Crippen molar-refractivity contribution in [3.05, 3.63) is 0 Å². The molecule has 1 fully saturated rings. The van der Waals surface area contributed by atoms with E-state index in [9.17, 15) is 9.59 Å². The molecule has 2 N–H and O–H groups in total. The molecule has 1 rings (SSSR count). The third-order valence-corrected chi connectivity index (χ3v) is 2.82. The third kappa shape index (κ3) is 4.15. The lowest BCUT2D eigenvalue weighted by Crippen LogP contribution is -2.52. The van der Waals surface area contributed by atoms with Gasteiger partial charge in [0, 0.05) is 20.1 Å². The number of carboxylic acid groups (broad SMARTS) is 1. The number of ether oxygens (including phenoxy) is 1. The van der Waals surface area contributed by atoms with Crippen molar-refractivity contribution in [1.29, 1.82) is 0 Å². The predicted molar refractivity (Wildman–Crippen MR) is 63.3 cm³/mol. The summed E-state index contributed by atoms with van der Waals surface area (Å²) < 4.78 is 5.05.